The standard InChI is InChI=1S/C20H25ClFN3O2S/c1-16-7-8-17(21)15-20(16)28(26,27)23-9-4-10-24-11-13-25(14-12-24)19-6-3-2-5-18(19)22/h2-3,5-8,15,23H,4,9-14H2,1H3. The van der Waals surface area contributed by atoms with Crippen molar-refractivity contribution in [3.8, 4) is 0 Å². The number of benzene rings is 2. The van der Waals surface area contributed by atoms with Gasteiger partial charge in [0.05, 0.1) is 10.6 Å². The van der Waals surface area contributed by atoms with Crippen molar-refractivity contribution in [2.24, 2.45) is 0 Å². The van der Waals surface area contributed by atoms with Gasteiger partial charge in [-0.3, -0.25) is 4.90 Å². The first-order valence-corrected chi connectivity index (χ1v) is 11.2. The third kappa shape index (κ3) is 5.23. The lowest BCUT2D eigenvalue weighted by molar-refractivity contribution is 0.255. The molecular formula is C20H25ClFN3O2S. The molecule has 28 heavy (non-hydrogen) atoms. The summed E-state index contributed by atoms with van der Waals surface area (Å²) in [4.78, 5) is 4.55. The van der Waals surface area contributed by atoms with Gasteiger partial charge < -0.3 is 4.90 Å². The Labute approximate surface area is 171 Å². The predicted molar refractivity (Wildman–Crippen MR) is 111 cm³/mol. The molecule has 8 heteroatoms. The van der Waals surface area contributed by atoms with Gasteiger partial charge in [-0.25, -0.2) is 17.5 Å². The number of hydrogen-bond donors (Lipinski definition) is 1. The normalized spacial score (nSPS) is 15.8. The van der Waals surface area contributed by atoms with Crippen LogP contribution in [0.25, 0.3) is 0 Å². The highest BCUT2D eigenvalue weighted by atomic mass is 35.5. The van der Waals surface area contributed by atoms with E-state index in [2.05, 4.69) is 14.5 Å². The largest absolute Gasteiger partial charge is 0.367 e. The van der Waals surface area contributed by atoms with Crippen molar-refractivity contribution in [1.29, 1.82) is 0 Å². The quantitative estimate of drug-likeness (QED) is 0.692. The summed E-state index contributed by atoms with van der Waals surface area (Å²) in [5, 5.41) is 0.402. The molecule has 1 aliphatic rings. The van der Waals surface area contributed by atoms with Crippen LogP contribution in [0.2, 0.25) is 5.02 Å². The highest BCUT2D eigenvalue weighted by Crippen LogP contribution is 2.21. The van der Waals surface area contributed by atoms with Gasteiger partial charge in [0.1, 0.15) is 5.82 Å². The minimum atomic E-state index is -3.57. The molecule has 0 amide bonds. The first-order valence-electron chi connectivity index (χ1n) is 9.34. The number of piperazine rings is 1. The van der Waals surface area contributed by atoms with E-state index < -0.39 is 10.0 Å². The van der Waals surface area contributed by atoms with Gasteiger partial charge in [0.15, 0.2) is 0 Å². The predicted octanol–water partition coefficient (Wildman–Crippen LogP) is 3.28. The molecule has 1 aliphatic heterocycles. The van der Waals surface area contributed by atoms with Crippen LogP contribution < -0.4 is 9.62 Å². The Morgan fingerprint density at radius 1 is 1.11 bits per heavy atom. The van der Waals surface area contributed by atoms with Gasteiger partial charge in [-0.05, 0) is 49.7 Å². The molecule has 2 aromatic carbocycles. The van der Waals surface area contributed by atoms with Gasteiger partial charge in [-0.1, -0.05) is 29.8 Å². The van der Waals surface area contributed by atoms with Gasteiger partial charge in [0.2, 0.25) is 10.0 Å². The molecule has 0 atom stereocenters. The lowest BCUT2D eigenvalue weighted by atomic mass is 10.2. The molecule has 0 radical (unpaired) electrons. The second-order valence-corrected chi connectivity index (χ2v) is 9.11. The van der Waals surface area contributed by atoms with Crippen molar-refractivity contribution < 1.29 is 12.8 Å². The van der Waals surface area contributed by atoms with Crippen LogP contribution in [0.4, 0.5) is 10.1 Å². The Morgan fingerprint density at radius 2 is 1.82 bits per heavy atom. The van der Waals surface area contributed by atoms with E-state index in [1.54, 1.807) is 31.2 Å². The number of rotatable bonds is 7. The minimum Gasteiger partial charge on any atom is -0.367 e. The molecule has 0 saturated carbocycles. The average Bonchev–Trinajstić information content (AvgIpc) is 2.68. The van der Waals surface area contributed by atoms with Crippen molar-refractivity contribution in [3.63, 3.8) is 0 Å². The first-order chi connectivity index (χ1) is 13.4. The monoisotopic (exact) mass is 425 g/mol. The molecule has 1 fully saturated rings. The zero-order chi connectivity index (χ0) is 20.1. The lowest BCUT2D eigenvalue weighted by Gasteiger charge is -2.36. The van der Waals surface area contributed by atoms with Crippen molar-refractivity contribution in [1.82, 2.24) is 9.62 Å². The van der Waals surface area contributed by atoms with Crippen LogP contribution in [0, 0.1) is 12.7 Å². The van der Waals surface area contributed by atoms with Crippen LogP contribution in [-0.4, -0.2) is 52.6 Å². The Hall–Kier alpha value is -1.67. The zero-order valence-electron chi connectivity index (χ0n) is 15.9. The van der Waals surface area contributed by atoms with Gasteiger partial charge in [-0.15, -0.1) is 0 Å². The van der Waals surface area contributed by atoms with E-state index in [-0.39, 0.29) is 10.7 Å². The topological polar surface area (TPSA) is 52.7 Å². The number of sulfonamides is 1. The van der Waals surface area contributed by atoms with E-state index in [4.69, 9.17) is 11.6 Å². The fourth-order valence-corrected chi connectivity index (χ4v) is 4.95. The summed E-state index contributed by atoms with van der Waals surface area (Å²) in [7, 11) is -3.57. The van der Waals surface area contributed by atoms with Crippen LogP contribution in [-0.2, 0) is 10.0 Å². The number of para-hydroxylation sites is 1. The molecular weight excluding hydrogens is 401 g/mol. The Morgan fingerprint density at radius 3 is 2.54 bits per heavy atom. The van der Waals surface area contributed by atoms with Crippen LogP contribution in [0.3, 0.4) is 0 Å². The summed E-state index contributed by atoms with van der Waals surface area (Å²) < 4.78 is 41.5. The Bertz CT molecular complexity index is 915. The van der Waals surface area contributed by atoms with Crippen molar-refractivity contribution in [2.45, 2.75) is 18.2 Å². The molecule has 0 aromatic heterocycles. The lowest BCUT2D eigenvalue weighted by Crippen LogP contribution is -2.47. The maximum atomic E-state index is 13.9. The number of nitrogens with zero attached hydrogens (tertiary/aromatic N) is 2. The summed E-state index contributed by atoms with van der Waals surface area (Å²) in [6.07, 6.45) is 0.707. The van der Waals surface area contributed by atoms with E-state index in [0.29, 0.717) is 29.2 Å². The summed E-state index contributed by atoms with van der Waals surface area (Å²) in [6, 6.07) is 11.7. The smallest absolute Gasteiger partial charge is 0.240 e. The molecule has 0 bridgehead atoms. The van der Waals surface area contributed by atoms with Crippen LogP contribution >= 0.6 is 11.6 Å². The third-order valence-electron chi connectivity index (χ3n) is 4.95. The number of aryl methyl sites for hydroxylation is 1. The molecule has 3 rings (SSSR count). The molecule has 1 saturated heterocycles. The van der Waals surface area contributed by atoms with Crippen molar-refractivity contribution >= 4 is 27.3 Å². The van der Waals surface area contributed by atoms with Crippen LogP contribution in [0.15, 0.2) is 47.4 Å². The molecule has 1 heterocycles. The summed E-state index contributed by atoms with van der Waals surface area (Å²) in [6.45, 7) is 6.08. The number of hydrogen-bond acceptors (Lipinski definition) is 4. The maximum Gasteiger partial charge on any atom is 0.240 e. The SMILES string of the molecule is Cc1ccc(Cl)cc1S(=O)(=O)NCCCN1CCN(c2ccccc2F)CC1. The maximum absolute atomic E-state index is 13.9. The highest BCUT2D eigenvalue weighted by molar-refractivity contribution is 7.89. The summed E-state index contributed by atoms with van der Waals surface area (Å²) >= 11 is 5.93. The van der Waals surface area contributed by atoms with E-state index >= 15 is 0 Å². The van der Waals surface area contributed by atoms with E-state index in [9.17, 15) is 12.8 Å². The zero-order valence-corrected chi connectivity index (χ0v) is 17.4. The Balaban J connectivity index is 1.44. The molecule has 0 unspecified atom stereocenters. The van der Waals surface area contributed by atoms with E-state index in [1.165, 1.54) is 12.1 Å². The van der Waals surface area contributed by atoms with Gasteiger partial charge in [0.25, 0.3) is 0 Å². The van der Waals surface area contributed by atoms with Crippen molar-refractivity contribution in [2.75, 3.05) is 44.2 Å². The highest BCUT2D eigenvalue weighted by Gasteiger charge is 2.20. The fraction of sp³-hybridized carbons (Fsp3) is 0.400. The third-order valence-corrected chi connectivity index (χ3v) is 6.79. The number of nitrogens with one attached hydrogen (secondary N) is 1. The van der Waals surface area contributed by atoms with E-state index in [0.717, 1.165) is 32.7 Å². The molecule has 2 aromatic rings. The second kappa shape index (κ2) is 9.22. The van der Waals surface area contributed by atoms with E-state index in [1.807, 2.05) is 6.07 Å². The van der Waals surface area contributed by atoms with Gasteiger partial charge in [-0.2, -0.15) is 0 Å². The van der Waals surface area contributed by atoms with Crippen LogP contribution in [0.1, 0.15) is 12.0 Å². The minimum absolute atomic E-state index is 0.193. The van der Waals surface area contributed by atoms with Crippen LogP contribution in [0.5, 0.6) is 0 Å². The molecule has 0 spiro atoms. The van der Waals surface area contributed by atoms with Crippen molar-refractivity contribution in [3.05, 3.63) is 58.9 Å². The van der Waals surface area contributed by atoms with Gasteiger partial charge in [0, 0.05) is 37.7 Å². The molecule has 152 valence electrons. The second-order valence-electron chi connectivity index (χ2n) is 6.94. The summed E-state index contributed by atoms with van der Waals surface area (Å²) in [5.41, 5.74) is 1.31. The molecule has 1 N–H and O–H groups in total. The fourth-order valence-electron chi connectivity index (χ4n) is 3.37. The van der Waals surface area contributed by atoms with Gasteiger partial charge >= 0.3 is 0 Å². The Kier molecular flexibility index (Phi) is 6.93. The molecule has 0 aliphatic carbocycles. The summed E-state index contributed by atoms with van der Waals surface area (Å²) in [5.74, 6) is -0.193. The number of halogens is 2. The first kappa shape index (κ1) is 21.0. The average molecular weight is 426 g/mol. The molecule has 5 nitrogen and oxygen atoms in total. The number of anilines is 1.